The van der Waals surface area contributed by atoms with Crippen LogP contribution in [0.3, 0.4) is 0 Å². The molecule has 1 unspecified atom stereocenters. The number of halogens is 4. The van der Waals surface area contributed by atoms with Crippen LogP contribution in [0, 0.1) is 18.7 Å². The van der Waals surface area contributed by atoms with E-state index in [4.69, 9.17) is 0 Å². The van der Waals surface area contributed by atoms with Crippen LogP contribution in [-0.2, 0) is 0 Å². The number of alkyl halides is 3. The third-order valence-electron chi connectivity index (χ3n) is 3.41. The van der Waals surface area contributed by atoms with Gasteiger partial charge in [0.05, 0.1) is 5.92 Å². The Morgan fingerprint density at radius 2 is 1.94 bits per heavy atom. The maximum atomic E-state index is 13.9. The largest absolute Gasteiger partial charge is 0.392 e. The predicted octanol–water partition coefficient (Wildman–Crippen LogP) is 4.88. The van der Waals surface area contributed by atoms with E-state index < -0.39 is 12.1 Å². The Morgan fingerprint density at radius 1 is 1.22 bits per heavy atom. The van der Waals surface area contributed by atoms with E-state index in [2.05, 4.69) is 0 Å². The van der Waals surface area contributed by atoms with Crippen LogP contribution in [0.15, 0.2) is 24.3 Å². The van der Waals surface area contributed by atoms with Crippen LogP contribution in [-0.4, -0.2) is 6.18 Å². The first-order valence-electron chi connectivity index (χ1n) is 5.91. The second kappa shape index (κ2) is 4.75. The van der Waals surface area contributed by atoms with Crippen molar-refractivity contribution in [1.29, 1.82) is 0 Å². The van der Waals surface area contributed by atoms with Gasteiger partial charge in [0.1, 0.15) is 5.82 Å². The van der Waals surface area contributed by atoms with Gasteiger partial charge in [0.15, 0.2) is 0 Å². The van der Waals surface area contributed by atoms with Crippen molar-refractivity contribution in [3.05, 3.63) is 41.2 Å². The standard InChI is InChI=1S/C14H14F4/c1-9-3-2-4-12(13(9)15)10-5-7-11(8-6-10)14(16,17)18/h2-5,11H,6-8H2,1H3. The summed E-state index contributed by atoms with van der Waals surface area (Å²) in [6.07, 6.45) is -2.34. The number of benzene rings is 1. The number of hydrogen-bond acceptors (Lipinski definition) is 0. The van der Waals surface area contributed by atoms with Crippen molar-refractivity contribution in [2.24, 2.45) is 5.92 Å². The van der Waals surface area contributed by atoms with E-state index in [1.807, 2.05) is 0 Å². The molecule has 1 atom stereocenters. The molecule has 0 bridgehead atoms. The summed E-state index contributed by atoms with van der Waals surface area (Å²) in [5.41, 5.74) is 1.65. The molecule has 0 saturated heterocycles. The van der Waals surface area contributed by atoms with Crippen LogP contribution in [0.2, 0.25) is 0 Å². The van der Waals surface area contributed by atoms with Gasteiger partial charge in [0.2, 0.25) is 0 Å². The lowest BCUT2D eigenvalue weighted by Crippen LogP contribution is -2.24. The Balaban J connectivity index is 2.22. The molecular weight excluding hydrogens is 244 g/mol. The van der Waals surface area contributed by atoms with Gasteiger partial charge in [0, 0.05) is 5.56 Å². The van der Waals surface area contributed by atoms with E-state index in [1.165, 1.54) is 6.08 Å². The minimum Gasteiger partial charge on any atom is -0.206 e. The van der Waals surface area contributed by atoms with Gasteiger partial charge in [-0.25, -0.2) is 4.39 Å². The highest BCUT2D eigenvalue weighted by atomic mass is 19.4. The van der Waals surface area contributed by atoms with E-state index in [0.29, 0.717) is 16.7 Å². The van der Waals surface area contributed by atoms with E-state index in [9.17, 15) is 17.6 Å². The SMILES string of the molecule is Cc1cccc(C2=CCC(C(F)(F)F)CC2)c1F. The fraction of sp³-hybridized carbons (Fsp3) is 0.429. The molecule has 0 heterocycles. The van der Waals surface area contributed by atoms with Crippen LogP contribution in [0.1, 0.15) is 30.4 Å². The number of rotatable bonds is 1. The summed E-state index contributed by atoms with van der Waals surface area (Å²) in [5, 5.41) is 0. The molecule has 0 amide bonds. The highest BCUT2D eigenvalue weighted by Gasteiger charge is 2.39. The van der Waals surface area contributed by atoms with Crippen molar-refractivity contribution in [1.82, 2.24) is 0 Å². The maximum Gasteiger partial charge on any atom is 0.392 e. The average molecular weight is 258 g/mol. The van der Waals surface area contributed by atoms with Gasteiger partial charge in [-0.05, 0) is 37.3 Å². The van der Waals surface area contributed by atoms with Gasteiger partial charge >= 0.3 is 6.18 Å². The van der Waals surface area contributed by atoms with Crippen molar-refractivity contribution >= 4 is 5.57 Å². The highest BCUT2D eigenvalue weighted by molar-refractivity contribution is 5.67. The third kappa shape index (κ3) is 2.57. The number of aryl methyl sites for hydroxylation is 1. The van der Waals surface area contributed by atoms with E-state index >= 15 is 0 Å². The minimum atomic E-state index is -4.15. The first-order valence-corrected chi connectivity index (χ1v) is 5.91. The van der Waals surface area contributed by atoms with Crippen LogP contribution < -0.4 is 0 Å². The zero-order chi connectivity index (χ0) is 13.3. The quantitative estimate of drug-likeness (QED) is 0.630. The lowest BCUT2D eigenvalue weighted by atomic mass is 9.86. The molecular formula is C14H14F4. The van der Waals surface area contributed by atoms with Crippen molar-refractivity contribution in [2.45, 2.75) is 32.4 Å². The molecule has 0 aliphatic heterocycles. The molecule has 1 aromatic carbocycles. The molecule has 98 valence electrons. The zero-order valence-corrected chi connectivity index (χ0v) is 10.0. The van der Waals surface area contributed by atoms with Gasteiger partial charge in [-0.3, -0.25) is 0 Å². The van der Waals surface area contributed by atoms with Gasteiger partial charge in [0.25, 0.3) is 0 Å². The van der Waals surface area contributed by atoms with E-state index in [1.54, 1.807) is 25.1 Å². The van der Waals surface area contributed by atoms with Crippen molar-refractivity contribution < 1.29 is 17.6 Å². The maximum absolute atomic E-state index is 13.9. The highest BCUT2D eigenvalue weighted by Crippen LogP contribution is 2.39. The average Bonchev–Trinajstić information content (AvgIpc) is 2.32. The molecule has 0 N–H and O–H groups in total. The zero-order valence-electron chi connectivity index (χ0n) is 10.0. The van der Waals surface area contributed by atoms with Crippen molar-refractivity contribution in [3.8, 4) is 0 Å². The second-order valence-electron chi connectivity index (χ2n) is 4.68. The number of allylic oxidation sites excluding steroid dienone is 2. The smallest absolute Gasteiger partial charge is 0.206 e. The van der Waals surface area contributed by atoms with Crippen LogP contribution in [0.25, 0.3) is 5.57 Å². The summed E-state index contributed by atoms with van der Waals surface area (Å²) in [6.45, 7) is 1.65. The Hall–Kier alpha value is -1.32. The molecule has 0 fully saturated rings. The van der Waals surface area contributed by atoms with Crippen LogP contribution in [0.5, 0.6) is 0 Å². The number of hydrogen-bond donors (Lipinski definition) is 0. The summed E-state index contributed by atoms with van der Waals surface area (Å²) < 4.78 is 51.4. The van der Waals surface area contributed by atoms with Crippen LogP contribution in [0.4, 0.5) is 17.6 Å². The van der Waals surface area contributed by atoms with Crippen molar-refractivity contribution in [2.75, 3.05) is 0 Å². The molecule has 1 aromatic rings. The van der Waals surface area contributed by atoms with Crippen LogP contribution >= 0.6 is 0 Å². The predicted molar refractivity (Wildman–Crippen MR) is 62.5 cm³/mol. The van der Waals surface area contributed by atoms with Gasteiger partial charge in [-0.2, -0.15) is 13.2 Å². The fourth-order valence-corrected chi connectivity index (χ4v) is 2.27. The topological polar surface area (TPSA) is 0 Å². The first-order chi connectivity index (χ1) is 8.39. The summed E-state index contributed by atoms with van der Waals surface area (Å²) in [7, 11) is 0. The van der Waals surface area contributed by atoms with Gasteiger partial charge in [-0.15, -0.1) is 0 Å². The molecule has 0 nitrogen and oxygen atoms in total. The fourth-order valence-electron chi connectivity index (χ4n) is 2.27. The summed E-state index contributed by atoms with van der Waals surface area (Å²) in [6, 6.07) is 5.01. The second-order valence-corrected chi connectivity index (χ2v) is 4.68. The summed E-state index contributed by atoms with van der Waals surface area (Å²) >= 11 is 0. The molecule has 1 aliphatic rings. The van der Waals surface area contributed by atoms with Gasteiger partial charge < -0.3 is 0 Å². The summed E-state index contributed by atoms with van der Waals surface area (Å²) in [5.74, 6) is -1.61. The molecule has 0 spiro atoms. The minimum absolute atomic E-state index is 0.0444. The Morgan fingerprint density at radius 3 is 2.50 bits per heavy atom. The normalized spacial score (nSPS) is 20.7. The molecule has 1 aliphatic carbocycles. The molecule has 2 rings (SSSR count). The molecule has 0 radical (unpaired) electrons. The Labute approximate surface area is 103 Å². The Bertz CT molecular complexity index is 471. The monoisotopic (exact) mass is 258 g/mol. The lowest BCUT2D eigenvalue weighted by Gasteiger charge is -2.24. The van der Waals surface area contributed by atoms with Gasteiger partial charge in [-0.1, -0.05) is 24.3 Å². The lowest BCUT2D eigenvalue weighted by molar-refractivity contribution is -0.175. The first kappa shape index (κ1) is 13.1. The van der Waals surface area contributed by atoms with E-state index in [-0.39, 0.29) is 25.1 Å². The third-order valence-corrected chi connectivity index (χ3v) is 3.41. The Kier molecular flexibility index (Phi) is 3.46. The van der Waals surface area contributed by atoms with Crippen molar-refractivity contribution in [3.63, 3.8) is 0 Å². The molecule has 0 saturated carbocycles. The molecule has 18 heavy (non-hydrogen) atoms. The summed E-state index contributed by atoms with van der Waals surface area (Å²) in [4.78, 5) is 0. The van der Waals surface area contributed by atoms with E-state index in [0.717, 1.165) is 0 Å². The molecule has 0 aromatic heterocycles. The molecule has 4 heteroatoms.